The third-order valence-electron chi connectivity index (χ3n) is 5.18. The molecule has 0 unspecified atom stereocenters. The summed E-state index contributed by atoms with van der Waals surface area (Å²) in [7, 11) is 0. The van der Waals surface area contributed by atoms with E-state index in [-0.39, 0.29) is 17.9 Å². The molecule has 0 bridgehead atoms. The van der Waals surface area contributed by atoms with Crippen molar-refractivity contribution in [3.05, 3.63) is 65.2 Å². The van der Waals surface area contributed by atoms with Gasteiger partial charge in [0, 0.05) is 22.9 Å². The molecular formula is C23H28N2O2. The molecule has 0 atom stereocenters. The Balaban J connectivity index is 1.58. The minimum Gasteiger partial charge on any atom is -0.349 e. The maximum atomic E-state index is 12.4. The second kappa shape index (κ2) is 8.85. The van der Waals surface area contributed by atoms with Gasteiger partial charge in [-0.15, -0.1) is 0 Å². The van der Waals surface area contributed by atoms with E-state index in [0.717, 1.165) is 18.5 Å². The summed E-state index contributed by atoms with van der Waals surface area (Å²) in [4.78, 5) is 24.8. The van der Waals surface area contributed by atoms with Crippen LogP contribution in [-0.2, 0) is 0 Å². The van der Waals surface area contributed by atoms with E-state index in [4.69, 9.17) is 0 Å². The monoisotopic (exact) mass is 364 g/mol. The van der Waals surface area contributed by atoms with Crippen molar-refractivity contribution in [2.75, 3.05) is 5.32 Å². The number of hydrogen-bond donors (Lipinski definition) is 2. The predicted molar refractivity (Wildman–Crippen MR) is 109 cm³/mol. The minimum absolute atomic E-state index is 0.0573. The van der Waals surface area contributed by atoms with Gasteiger partial charge in [-0.25, -0.2) is 0 Å². The molecule has 3 rings (SSSR count). The van der Waals surface area contributed by atoms with Gasteiger partial charge in [0.2, 0.25) is 0 Å². The van der Waals surface area contributed by atoms with Gasteiger partial charge in [0.05, 0.1) is 0 Å². The lowest BCUT2D eigenvalue weighted by molar-refractivity contribution is 0.0926. The van der Waals surface area contributed by atoms with Crippen LogP contribution >= 0.6 is 0 Å². The summed E-state index contributed by atoms with van der Waals surface area (Å²) in [6.45, 7) is 4.28. The van der Waals surface area contributed by atoms with Gasteiger partial charge in [0.1, 0.15) is 0 Å². The molecule has 2 N–H and O–H groups in total. The number of benzene rings is 2. The fraction of sp³-hybridized carbons (Fsp3) is 0.391. The molecule has 0 aliphatic heterocycles. The van der Waals surface area contributed by atoms with E-state index in [0.29, 0.717) is 17.0 Å². The molecule has 1 aliphatic rings. The number of rotatable bonds is 5. The van der Waals surface area contributed by atoms with Crippen LogP contribution in [0.5, 0.6) is 0 Å². The van der Waals surface area contributed by atoms with Gasteiger partial charge in [0.25, 0.3) is 11.8 Å². The molecule has 4 heteroatoms. The molecule has 1 fully saturated rings. The largest absolute Gasteiger partial charge is 0.349 e. The Bertz CT molecular complexity index is 773. The number of carbonyl (C=O) groups excluding carboxylic acids is 2. The highest BCUT2D eigenvalue weighted by molar-refractivity contribution is 6.05. The number of carbonyl (C=O) groups is 2. The van der Waals surface area contributed by atoms with E-state index < -0.39 is 0 Å². The third-order valence-corrected chi connectivity index (χ3v) is 5.18. The van der Waals surface area contributed by atoms with Crippen LogP contribution in [0.3, 0.4) is 0 Å². The Morgan fingerprint density at radius 1 is 0.815 bits per heavy atom. The fourth-order valence-corrected chi connectivity index (χ4v) is 3.44. The number of amides is 2. The summed E-state index contributed by atoms with van der Waals surface area (Å²) in [6, 6.07) is 15.0. The zero-order valence-corrected chi connectivity index (χ0v) is 16.1. The summed E-state index contributed by atoms with van der Waals surface area (Å²) >= 11 is 0. The molecule has 142 valence electrons. The van der Waals surface area contributed by atoms with E-state index in [2.05, 4.69) is 24.5 Å². The normalized spacial score (nSPS) is 14.8. The second-order valence-corrected chi connectivity index (χ2v) is 7.62. The summed E-state index contributed by atoms with van der Waals surface area (Å²) < 4.78 is 0. The molecule has 2 aromatic rings. The smallest absolute Gasteiger partial charge is 0.255 e. The minimum atomic E-state index is -0.175. The number of nitrogens with one attached hydrogen (secondary N) is 2. The molecule has 0 spiro atoms. The van der Waals surface area contributed by atoms with Crippen LogP contribution in [0.25, 0.3) is 0 Å². The molecular weight excluding hydrogens is 336 g/mol. The van der Waals surface area contributed by atoms with E-state index in [9.17, 15) is 9.59 Å². The number of anilines is 1. The zero-order valence-electron chi connectivity index (χ0n) is 16.1. The first-order valence-electron chi connectivity index (χ1n) is 9.85. The quantitative estimate of drug-likeness (QED) is 0.773. The highest BCUT2D eigenvalue weighted by Gasteiger charge is 2.17. The van der Waals surface area contributed by atoms with Crippen molar-refractivity contribution in [1.29, 1.82) is 0 Å². The SMILES string of the molecule is CC(C)c1ccc(NC(=O)c2ccc(C(=O)NC3CCCCC3)cc2)cc1. The van der Waals surface area contributed by atoms with Crippen LogP contribution < -0.4 is 10.6 Å². The lowest BCUT2D eigenvalue weighted by Crippen LogP contribution is -2.36. The fourth-order valence-electron chi connectivity index (χ4n) is 3.44. The van der Waals surface area contributed by atoms with Crippen molar-refractivity contribution >= 4 is 17.5 Å². The Kier molecular flexibility index (Phi) is 6.28. The summed E-state index contributed by atoms with van der Waals surface area (Å²) in [5.74, 6) is 0.228. The van der Waals surface area contributed by atoms with Gasteiger partial charge in [0.15, 0.2) is 0 Å². The second-order valence-electron chi connectivity index (χ2n) is 7.62. The first-order valence-corrected chi connectivity index (χ1v) is 9.85. The van der Waals surface area contributed by atoms with E-state index in [1.807, 2.05) is 24.3 Å². The van der Waals surface area contributed by atoms with Crippen LogP contribution in [0.4, 0.5) is 5.69 Å². The van der Waals surface area contributed by atoms with Crippen LogP contribution in [0.1, 0.15) is 78.1 Å². The number of hydrogen-bond acceptors (Lipinski definition) is 2. The average molecular weight is 364 g/mol. The van der Waals surface area contributed by atoms with E-state index >= 15 is 0 Å². The first-order chi connectivity index (χ1) is 13.0. The van der Waals surface area contributed by atoms with Crippen molar-refractivity contribution in [3.8, 4) is 0 Å². The van der Waals surface area contributed by atoms with Crippen LogP contribution in [0, 0.1) is 0 Å². The van der Waals surface area contributed by atoms with Gasteiger partial charge < -0.3 is 10.6 Å². The van der Waals surface area contributed by atoms with Gasteiger partial charge in [-0.05, 0) is 60.7 Å². The molecule has 27 heavy (non-hydrogen) atoms. The highest BCUT2D eigenvalue weighted by atomic mass is 16.2. The molecule has 4 nitrogen and oxygen atoms in total. The van der Waals surface area contributed by atoms with Gasteiger partial charge >= 0.3 is 0 Å². The summed E-state index contributed by atoms with van der Waals surface area (Å²) in [6.07, 6.45) is 5.74. The molecule has 0 aromatic heterocycles. The Hall–Kier alpha value is -2.62. The van der Waals surface area contributed by atoms with Crippen molar-refractivity contribution in [3.63, 3.8) is 0 Å². The summed E-state index contributed by atoms with van der Waals surface area (Å²) in [5.41, 5.74) is 3.14. The molecule has 1 saturated carbocycles. The van der Waals surface area contributed by atoms with Gasteiger partial charge in [-0.1, -0.05) is 45.2 Å². The average Bonchev–Trinajstić information content (AvgIpc) is 2.69. The lowest BCUT2D eigenvalue weighted by atomic mass is 9.95. The van der Waals surface area contributed by atoms with Crippen LogP contribution in [0.15, 0.2) is 48.5 Å². The van der Waals surface area contributed by atoms with E-state index in [1.54, 1.807) is 24.3 Å². The van der Waals surface area contributed by atoms with Crippen LogP contribution in [0.2, 0.25) is 0 Å². The van der Waals surface area contributed by atoms with Crippen LogP contribution in [-0.4, -0.2) is 17.9 Å². The third kappa shape index (κ3) is 5.19. The Labute approximate surface area is 161 Å². The van der Waals surface area contributed by atoms with Gasteiger partial charge in [-0.3, -0.25) is 9.59 Å². The molecule has 2 amide bonds. The predicted octanol–water partition coefficient (Wildman–Crippen LogP) is 5.12. The molecule has 0 radical (unpaired) electrons. The molecule has 1 aliphatic carbocycles. The van der Waals surface area contributed by atoms with Crippen molar-refractivity contribution < 1.29 is 9.59 Å². The van der Waals surface area contributed by atoms with E-state index in [1.165, 1.54) is 24.8 Å². The summed E-state index contributed by atoms with van der Waals surface area (Å²) in [5, 5.41) is 6.00. The lowest BCUT2D eigenvalue weighted by Gasteiger charge is -2.22. The first kappa shape index (κ1) is 19.2. The van der Waals surface area contributed by atoms with Crippen molar-refractivity contribution in [1.82, 2.24) is 5.32 Å². The molecule has 0 heterocycles. The topological polar surface area (TPSA) is 58.2 Å². The standard InChI is InChI=1S/C23H28N2O2/c1-16(2)17-12-14-21(15-13-17)25-23(27)19-10-8-18(9-11-19)22(26)24-20-6-4-3-5-7-20/h8-16,20H,3-7H2,1-2H3,(H,24,26)(H,25,27). The molecule has 2 aromatic carbocycles. The molecule has 0 saturated heterocycles. The Morgan fingerprint density at radius 2 is 1.37 bits per heavy atom. The van der Waals surface area contributed by atoms with Crippen molar-refractivity contribution in [2.24, 2.45) is 0 Å². The Morgan fingerprint density at radius 3 is 1.93 bits per heavy atom. The van der Waals surface area contributed by atoms with Crippen molar-refractivity contribution in [2.45, 2.75) is 57.9 Å². The van der Waals surface area contributed by atoms with Gasteiger partial charge in [-0.2, -0.15) is 0 Å². The zero-order chi connectivity index (χ0) is 19.2. The highest BCUT2D eigenvalue weighted by Crippen LogP contribution is 2.19. The maximum Gasteiger partial charge on any atom is 0.255 e. The maximum absolute atomic E-state index is 12.4.